The number of hydrogen-bond donors (Lipinski definition) is 1. The van der Waals surface area contributed by atoms with Gasteiger partial charge >= 0.3 is 5.97 Å². The second-order valence-corrected chi connectivity index (χ2v) is 3.52. The van der Waals surface area contributed by atoms with Gasteiger partial charge in [-0.3, -0.25) is 4.98 Å². The number of hydrogen-bond acceptors (Lipinski definition) is 4. The second kappa shape index (κ2) is 6.61. The molecular formula is C12H16N2O2. The highest BCUT2D eigenvalue weighted by Gasteiger charge is 1.98. The SMILES string of the molecule is C/C(N)=C/C(=O)OCCCc1cccnc1. The molecule has 0 radical (unpaired) electrons. The molecule has 0 amide bonds. The van der Waals surface area contributed by atoms with Gasteiger partial charge in [-0.25, -0.2) is 4.79 Å². The van der Waals surface area contributed by atoms with Crippen LogP contribution in [-0.4, -0.2) is 17.6 Å². The van der Waals surface area contributed by atoms with E-state index in [0.717, 1.165) is 18.4 Å². The molecule has 0 saturated carbocycles. The first-order valence-electron chi connectivity index (χ1n) is 5.18. The minimum absolute atomic E-state index is 0.383. The average Bonchev–Trinajstić information content (AvgIpc) is 2.25. The predicted octanol–water partition coefficient (Wildman–Crippen LogP) is 1.42. The predicted molar refractivity (Wildman–Crippen MR) is 61.5 cm³/mol. The van der Waals surface area contributed by atoms with Gasteiger partial charge in [0.05, 0.1) is 6.61 Å². The lowest BCUT2D eigenvalue weighted by Gasteiger charge is -2.02. The van der Waals surface area contributed by atoms with Crippen molar-refractivity contribution in [3.63, 3.8) is 0 Å². The van der Waals surface area contributed by atoms with Crippen LogP contribution in [0.3, 0.4) is 0 Å². The fourth-order valence-electron chi connectivity index (χ4n) is 1.22. The van der Waals surface area contributed by atoms with Crippen LogP contribution in [0.4, 0.5) is 0 Å². The molecule has 0 aliphatic heterocycles. The van der Waals surface area contributed by atoms with Gasteiger partial charge in [0, 0.05) is 24.2 Å². The molecule has 0 bridgehead atoms. The van der Waals surface area contributed by atoms with E-state index in [1.807, 2.05) is 18.3 Å². The molecule has 0 unspecified atom stereocenters. The third-order valence-corrected chi connectivity index (χ3v) is 1.92. The van der Waals surface area contributed by atoms with Crippen LogP contribution >= 0.6 is 0 Å². The van der Waals surface area contributed by atoms with Crippen molar-refractivity contribution in [1.29, 1.82) is 0 Å². The van der Waals surface area contributed by atoms with Gasteiger partial charge < -0.3 is 10.5 Å². The van der Waals surface area contributed by atoms with E-state index in [1.54, 1.807) is 13.1 Å². The number of aromatic nitrogens is 1. The first kappa shape index (κ1) is 12.2. The Hall–Kier alpha value is -1.84. The number of rotatable bonds is 5. The van der Waals surface area contributed by atoms with Crippen molar-refractivity contribution in [2.75, 3.05) is 6.61 Å². The van der Waals surface area contributed by atoms with Crippen LogP contribution in [0.5, 0.6) is 0 Å². The van der Waals surface area contributed by atoms with Crippen LogP contribution in [0, 0.1) is 0 Å². The summed E-state index contributed by atoms with van der Waals surface area (Å²) in [6.45, 7) is 2.05. The summed E-state index contributed by atoms with van der Waals surface area (Å²) in [4.78, 5) is 15.1. The van der Waals surface area contributed by atoms with Gasteiger partial charge in [0.1, 0.15) is 0 Å². The van der Waals surface area contributed by atoms with Gasteiger partial charge in [0.2, 0.25) is 0 Å². The van der Waals surface area contributed by atoms with E-state index >= 15 is 0 Å². The Morgan fingerprint density at radius 1 is 1.62 bits per heavy atom. The molecule has 0 atom stereocenters. The van der Waals surface area contributed by atoms with Crippen LogP contribution < -0.4 is 5.73 Å². The fourth-order valence-corrected chi connectivity index (χ4v) is 1.22. The third-order valence-electron chi connectivity index (χ3n) is 1.92. The van der Waals surface area contributed by atoms with Crippen molar-refractivity contribution in [3.05, 3.63) is 41.9 Å². The van der Waals surface area contributed by atoms with Gasteiger partial charge in [-0.05, 0) is 31.4 Å². The molecule has 0 spiro atoms. The lowest BCUT2D eigenvalue weighted by Crippen LogP contribution is -2.06. The molecule has 16 heavy (non-hydrogen) atoms. The van der Waals surface area contributed by atoms with E-state index in [0.29, 0.717) is 12.3 Å². The van der Waals surface area contributed by atoms with Crippen LogP contribution in [0.1, 0.15) is 18.9 Å². The third kappa shape index (κ3) is 5.14. The van der Waals surface area contributed by atoms with E-state index in [-0.39, 0.29) is 5.97 Å². The van der Waals surface area contributed by atoms with Gasteiger partial charge in [-0.2, -0.15) is 0 Å². The van der Waals surface area contributed by atoms with Crippen LogP contribution in [-0.2, 0) is 16.0 Å². The molecule has 1 rings (SSSR count). The minimum atomic E-state index is -0.383. The van der Waals surface area contributed by atoms with Crippen molar-refractivity contribution in [3.8, 4) is 0 Å². The molecule has 4 heteroatoms. The monoisotopic (exact) mass is 220 g/mol. The van der Waals surface area contributed by atoms with Crippen LogP contribution in [0.25, 0.3) is 0 Å². The summed E-state index contributed by atoms with van der Waals surface area (Å²) >= 11 is 0. The molecule has 0 fully saturated rings. The van der Waals surface area contributed by atoms with Gasteiger partial charge in [0.25, 0.3) is 0 Å². The van der Waals surface area contributed by atoms with Crippen molar-refractivity contribution in [2.45, 2.75) is 19.8 Å². The Labute approximate surface area is 95.1 Å². The van der Waals surface area contributed by atoms with Crippen molar-refractivity contribution < 1.29 is 9.53 Å². The number of nitrogens with two attached hydrogens (primary N) is 1. The molecule has 0 aliphatic carbocycles. The summed E-state index contributed by atoms with van der Waals surface area (Å²) in [5.41, 5.74) is 6.94. The maximum Gasteiger partial charge on any atom is 0.332 e. The van der Waals surface area contributed by atoms with Gasteiger partial charge in [-0.1, -0.05) is 6.07 Å². The first-order chi connectivity index (χ1) is 7.68. The smallest absolute Gasteiger partial charge is 0.332 e. The number of aryl methyl sites for hydroxylation is 1. The van der Waals surface area contributed by atoms with E-state index in [1.165, 1.54) is 6.08 Å². The molecule has 1 aromatic heterocycles. The average molecular weight is 220 g/mol. The number of ether oxygens (including phenoxy) is 1. The highest BCUT2D eigenvalue weighted by molar-refractivity contribution is 5.82. The lowest BCUT2D eigenvalue weighted by atomic mass is 10.2. The van der Waals surface area contributed by atoms with E-state index in [2.05, 4.69) is 4.98 Å². The van der Waals surface area contributed by atoms with E-state index in [4.69, 9.17) is 10.5 Å². The first-order valence-corrected chi connectivity index (χ1v) is 5.18. The zero-order valence-corrected chi connectivity index (χ0v) is 9.35. The molecule has 1 heterocycles. The van der Waals surface area contributed by atoms with E-state index in [9.17, 15) is 4.79 Å². The maximum absolute atomic E-state index is 11.1. The highest BCUT2D eigenvalue weighted by Crippen LogP contribution is 2.00. The van der Waals surface area contributed by atoms with Gasteiger partial charge in [-0.15, -0.1) is 0 Å². The number of esters is 1. The second-order valence-electron chi connectivity index (χ2n) is 3.52. The highest BCUT2D eigenvalue weighted by atomic mass is 16.5. The quantitative estimate of drug-likeness (QED) is 0.463. The summed E-state index contributed by atoms with van der Waals surface area (Å²) in [6.07, 6.45) is 6.47. The Morgan fingerprint density at radius 3 is 3.06 bits per heavy atom. The Morgan fingerprint density at radius 2 is 2.44 bits per heavy atom. The van der Waals surface area contributed by atoms with Gasteiger partial charge in [0.15, 0.2) is 0 Å². The maximum atomic E-state index is 11.1. The molecule has 86 valence electrons. The Bertz CT molecular complexity index is 357. The Balaban J connectivity index is 2.18. The lowest BCUT2D eigenvalue weighted by molar-refractivity contribution is -0.137. The summed E-state index contributed by atoms with van der Waals surface area (Å²) in [5, 5.41) is 0. The molecule has 0 aliphatic rings. The minimum Gasteiger partial charge on any atom is -0.462 e. The fraction of sp³-hybridized carbons (Fsp3) is 0.333. The summed E-state index contributed by atoms with van der Waals surface area (Å²) in [7, 11) is 0. The standard InChI is InChI=1S/C12H16N2O2/c1-10(13)8-12(15)16-7-3-5-11-4-2-6-14-9-11/h2,4,6,8-9H,3,5,7,13H2,1H3/b10-8-. The topological polar surface area (TPSA) is 65.2 Å². The number of carbonyl (C=O) groups excluding carboxylic acids is 1. The molecule has 4 nitrogen and oxygen atoms in total. The van der Waals surface area contributed by atoms with Crippen molar-refractivity contribution in [2.24, 2.45) is 5.73 Å². The number of allylic oxidation sites excluding steroid dienone is 1. The Kier molecular flexibility index (Phi) is 5.05. The molecule has 2 N–H and O–H groups in total. The molecule has 0 aromatic carbocycles. The number of carbonyl (C=O) groups is 1. The van der Waals surface area contributed by atoms with Crippen LogP contribution in [0.2, 0.25) is 0 Å². The summed E-state index contributed by atoms with van der Waals surface area (Å²) in [6, 6.07) is 3.89. The molecular weight excluding hydrogens is 204 g/mol. The van der Waals surface area contributed by atoms with Crippen molar-refractivity contribution in [1.82, 2.24) is 4.98 Å². The van der Waals surface area contributed by atoms with Crippen molar-refractivity contribution >= 4 is 5.97 Å². The molecule has 0 saturated heterocycles. The normalized spacial score (nSPS) is 11.2. The zero-order chi connectivity index (χ0) is 11.8. The number of pyridine rings is 1. The summed E-state index contributed by atoms with van der Waals surface area (Å²) < 4.78 is 4.96. The van der Waals surface area contributed by atoms with Crippen LogP contribution in [0.15, 0.2) is 36.3 Å². The summed E-state index contributed by atoms with van der Waals surface area (Å²) in [5.74, 6) is -0.383. The molecule has 1 aromatic rings. The number of nitrogens with zero attached hydrogens (tertiary/aromatic N) is 1. The zero-order valence-electron chi connectivity index (χ0n) is 9.35. The van der Waals surface area contributed by atoms with E-state index < -0.39 is 0 Å². The largest absolute Gasteiger partial charge is 0.462 e.